The Morgan fingerprint density at radius 3 is 2.62 bits per heavy atom. The van der Waals surface area contributed by atoms with Crippen LogP contribution in [0.1, 0.15) is 38.2 Å². The largest absolute Gasteiger partial charge is 0.344 e. The summed E-state index contributed by atoms with van der Waals surface area (Å²) >= 11 is 1.76. The Morgan fingerprint density at radius 1 is 1.23 bits per heavy atom. The Morgan fingerprint density at radius 2 is 1.96 bits per heavy atom. The van der Waals surface area contributed by atoms with Gasteiger partial charge in [-0.3, -0.25) is 4.79 Å². The molecule has 0 radical (unpaired) electrons. The van der Waals surface area contributed by atoms with Crippen molar-refractivity contribution in [1.29, 1.82) is 0 Å². The molecular weight excluding hydrogens is 344 g/mol. The number of imidazole rings is 1. The fourth-order valence-electron chi connectivity index (χ4n) is 3.12. The number of hydrogen-bond donors (Lipinski definition) is 2. The average Bonchev–Trinajstić information content (AvgIpc) is 3.29. The van der Waals surface area contributed by atoms with Crippen LogP contribution >= 0.6 is 11.8 Å². The standard InChI is InChI=1S/C20H26N4OS/c1-14(2)18(19-21-15-8-4-5-9-16(15)22-19)23-20(25)17(10-13-26-3)24-11-6-7-12-24/h4-9,11-12,14,17-18H,10,13H2,1-3H3,(H,21,22)(H,23,25)/t17-,18+/m0/s1. The molecule has 3 rings (SSSR count). The highest BCUT2D eigenvalue weighted by atomic mass is 32.2. The van der Waals surface area contributed by atoms with Gasteiger partial charge in [-0.15, -0.1) is 0 Å². The van der Waals surface area contributed by atoms with E-state index in [1.165, 1.54) is 0 Å². The maximum atomic E-state index is 13.1. The van der Waals surface area contributed by atoms with E-state index in [1.807, 2.05) is 53.4 Å². The van der Waals surface area contributed by atoms with E-state index >= 15 is 0 Å². The van der Waals surface area contributed by atoms with Crippen molar-refractivity contribution in [3.8, 4) is 0 Å². The van der Waals surface area contributed by atoms with Crippen LogP contribution in [0.5, 0.6) is 0 Å². The molecule has 0 saturated carbocycles. The summed E-state index contributed by atoms with van der Waals surface area (Å²) in [5, 5.41) is 3.23. The number of aromatic nitrogens is 3. The lowest BCUT2D eigenvalue weighted by atomic mass is 10.0. The summed E-state index contributed by atoms with van der Waals surface area (Å²) in [7, 11) is 0. The van der Waals surface area contributed by atoms with Crippen molar-refractivity contribution in [3.05, 3.63) is 54.6 Å². The predicted octanol–water partition coefficient (Wildman–Crippen LogP) is 4.17. The van der Waals surface area contributed by atoms with Crippen molar-refractivity contribution >= 4 is 28.7 Å². The van der Waals surface area contributed by atoms with Crippen molar-refractivity contribution in [2.45, 2.75) is 32.4 Å². The zero-order valence-electron chi connectivity index (χ0n) is 15.5. The molecule has 1 aromatic carbocycles. The van der Waals surface area contributed by atoms with Crippen LogP contribution in [-0.2, 0) is 4.79 Å². The van der Waals surface area contributed by atoms with Gasteiger partial charge in [-0.05, 0) is 48.6 Å². The van der Waals surface area contributed by atoms with Crippen LogP contribution in [0.15, 0.2) is 48.8 Å². The third-order valence-electron chi connectivity index (χ3n) is 4.55. The minimum absolute atomic E-state index is 0.0365. The topological polar surface area (TPSA) is 62.7 Å². The zero-order chi connectivity index (χ0) is 18.5. The normalized spacial score (nSPS) is 13.8. The van der Waals surface area contributed by atoms with Crippen LogP contribution in [0, 0.1) is 5.92 Å². The van der Waals surface area contributed by atoms with Crippen LogP contribution in [0.3, 0.4) is 0 Å². The van der Waals surface area contributed by atoms with Gasteiger partial charge in [-0.25, -0.2) is 4.98 Å². The molecule has 0 aliphatic carbocycles. The second kappa shape index (κ2) is 8.45. The maximum Gasteiger partial charge on any atom is 0.243 e. The van der Waals surface area contributed by atoms with E-state index in [2.05, 4.69) is 30.4 Å². The number of aromatic amines is 1. The van der Waals surface area contributed by atoms with E-state index in [9.17, 15) is 4.79 Å². The monoisotopic (exact) mass is 370 g/mol. The number of para-hydroxylation sites is 2. The van der Waals surface area contributed by atoms with Crippen molar-refractivity contribution in [2.75, 3.05) is 12.0 Å². The first-order valence-corrected chi connectivity index (χ1v) is 10.4. The summed E-state index contributed by atoms with van der Waals surface area (Å²) in [4.78, 5) is 21.1. The van der Waals surface area contributed by atoms with E-state index in [0.717, 1.165) is 29.0 Å². The Labute approximate surface area is 158 Å². The molecule has 0 saturated heterocycles. The van der Waals surface area contributed by atoms with Gasteiger partial charge in [0.1, 0.15) is 11.9 Å². The highest BCUT2D eigenvalue weighted by Crippen LogP contribution is 2.24. The minimum Gasteiger partial charge on any atom is -0.344 e. The van der Waals surface area contributed by atoms with E-state index in [-0.39, 0.29) is 23.9 Å². The van der Waals surface area contributed by atoms with E-state index in [1.54, 1.807) is 11.8 Å². The smallest absolute Gasteiger partial charge is 0.243 e. The number of amides is 1. The summed E-state index contributed by atoms with van der Waals surface area (Å²) in [6.45, 7) is 4.20. The molecule has 5 nitrogen and oxygen atoms in total. The SMILES string of the molecule is CSCC[C@@H](C(=O)N[C@@H](c1nc2ccccc2[nH]1)C(C)C)n1cccc1. The molecule has 0 bridgehead atoms. The van der Waals surface area contributed by atoms with Gasteiger partial charge < -0.3 is 14.9 Å². The number of rotatable bonds is 8. The lowest BCUT2D eigenvalue weighted by molar-refractivity contribution is -0.125. The summed E-state index contributed by atoms with van der Waals surface area (Å²) < 4.78 is 1.99. The number of fused-ring (bicyclic) bond motifs is 1. The van der Waals surface area contributed by atoms with Crippen LogP contribution < -0.4 is 5.32 Å². The summed E-state index contributed by atoms with van der Waals surface area (Å²) in [6.07, 6.45) is 6.77. The third-order valence-corrected chi connectivity index (χ3v) is 5.20. The van der Waals surface area contributed by atoms with Crippen LogP contribution in [0.2, 0.25) is 0 Å². The van der Waals surface area contributed by atoms with Gasteiger partial charge in [0.05, 0.1) is 17.1 Å². The van der Waals surface area contributed by atoms with Crippen molar-refractivity contribution in [1.82, 2.24) is 19.9 Å². The summed E-state index contributed by atoms with van der Waals surface area (Å²) in [5.41, 5.74) is 1.92. The predicted molar refractivity (Wildman–Crippen MR) is 108 cm³/mol. The maximum absolute atomic E-state index is 13.1. The second-order valence-electron chi connectivity index (χ2n) is 6.80. The number of nitrogens with one attached hydrogen (secondary N) is 2. The second-order valence-corrected chi connectivity index (χ2v) is 7.78. The fraction of sp³-hybridized carbons (Fsp3) is 0.400. The van der Waals surface area contributed by atoms with Gasteiger partial charge in [0.2, 0.25) is 5.91 Å². The summed E-state index contributed by atoms with van der Waals surface area (Å²) in [5.74, 6) is 2.01. The first kappa shape index (κ1) is 18.6. The molecule has 2 heterocycles. The van der Waals surface area contributed by atoms with Gasteiger partial charge in [-0.2, -0.15) is 11.8 Å². The molecule has 0 aliphatic rings. The zero-order valence-corrected chi connectivity index (χ0v) is 16.3. The highest BCUT2D eigenvalue weighted by molar-refractivity contribution is 7.98. The van der Waals surface area contributed by atoms with Crippen molar-refractivity contribution in [2.24, 2.45) is 5.92 Å². The molecule has 138 valence electrons. The van der Waals surface area contributed by atoms with Crippen molar-refractivity contribution in [3.63, 3.8) is 0 Å². The van der Waals surface area contributed by atoms with E-state index in [0.29, 0.717) is 0 Å². The lowest BCUT2D eigenvalue weighted by Gasteiger charge is -2.25. The van der Waals surface area contributed by atoms with E-state index < -0.39 is 0 Å². The molecule has 0 aliphatic heterocycles. The molecule has 1 amide bonds. The molecule has 0 spiro atoms. The number of nitrogens with zero attached hydrogens (tertiary/aromatic N) is 2. The van der Waals surface area contributed by atoms with Crippen LogP contribution in [-0.4, -0.2) is 32.5 Å². The highest BCUT2D eigenvalue weighted by Gasteiger charge is 2.26. The first-order valence-electron chi connectivity index (χ1n) is 8.96. The number of carbonyl (C=O) groups is 1. The van der Waals surface area contributed by atoms with Gasteiger partial charge in [0, 0.05) is 12.4 Å². The number of H-pyrrole nitrogens is 1. The Kier molecular flexibility index (Phi) is 6.04. The molecule has 26 heavy (non-hydrogen) atoms. The molecule has 2 N–H and O–H groups in total. The molecule has 0 fully saturated rings. The molecule has 0 unspecified atom stereocenters. The van der Waals surface area contributed by atoms with Gasteiger partial charge in [0.25, 0.3) is 0 Å². The number of carbonyl (C=O) groups excluding carboxylic acids is 1. The number of thioether (sulfide) groups is 1. The third kappa shape index (κ3) is 4.12. The number of hydrogen-bond acceptors (Lipinski definition) is 3. The average molecular weight is 371 g/mol. The lowest BCUT2D eigenvalue weighted by Crippen LogP contribution is -2.38. The Balaban J connectivity index is 1.82. The molecule has 2 aromatic heterocycles. The van der Waals surface area contributed by atoms with Gasteiger partial charge in [-0.1, -0.05) is 26.0 Å². The van der Waals surface area contributed by atoms with Gasteiger partial charge in [0.15, 0.2) is 0 Å². The Bertz CT molecular complexity index is 808. The molecule has 3 aromatic rings. The minimum atomic E-state index is -0.205. The fourth-order valence-corrected chi connectivity index (χ4v) is 3.58. The van der Waals surface area contributed by atoms with Gasteiger partial charge >= 0.3 is 0 Å². The Hall–Kier alpha value is -2.21. The molecule has 6 heteroatoms. The quantitative estimate of drug-likeness (QED) is 0.625. The molecule has 2 atom stereocenters. The van der Waals surface area contributed by atoms with Crippen LogP contribution in [0.25, 0.3) is 11.0 Å². The van der Waals surface area contributed by atoms with Crippen molar-refractivity contribution < 1.29 is 4.79 Å². The molecular formula is C20H26N4OS. The van der Waals surface area contributed by atoms with Crippen LogP contribution in [0.4, 0.5) is 0 Å². The summed E-state index contributed by atoms with van der Waals surface area (Å²) in [6, 6.07) is 11.5. The first-order chi connectivity index (χ1) is 12.6. The van der Waals surface area contributed by atoms with E-state index in [4.69, 9.17) is 4.98 Å². The number of benzene rings is 1.